The Morgan fingerprint density at radius 1 is 1.22 bits per heavy atom. The summed E-state index contributed by atoms with van der Waals surface area (Å²) >= 11 is 3.10. The zero-order chi connectivity index (χ0) is 13.3. The molecule has 0 N–H and O–H groups in total. The summed E-state index contributed by atoms with van der Waals surface area (Å²) in [6, 6.07) is 3.47. The summed E-state index contributed by atoms with van der Waals surface area (Å²) in [7, 11) is 0. The first-order valence-corrected chi connectivity index (χ1v) is 6.35. The number of likely N-dealkylation sites (tertiary alicyclic amines) is 1. The van der Waals surface area contributed by atoms with Crippen molar-refractivity contribution in [1.82, 2.24) is 4.90 Å². The van der Waals surface area contributed by atoms with Crippen LogP contribution in [0.1, 0.15) is 28.8 Å². The molecule has 0 bridgehead atoms. The number of nitrogens with zero attached hydrogens (tertiary/aromatic N) is 1. The van der Waals surface area contributed by atoms with E-state index in [0.717, 1.165) is 18.9 Å². The predicted octanol–water partition coefficient (Wildman–Crippen LogP) is 3.70. The zero-order valence-corrected chi connectivity index (χ0v) is 11.0. The summed E-state index contributed by atoms with van der Waals surface area (Å²) in [5, 5.41) is 0. The maximum atomic E-state index is 12.8. The second-order valence-corrected chi connectivity index (χ2v) is 5.10. The van der Waals surface area contributed by atoms with Gasteiger partial charge < -0.3 is 4.90 Å². The van der Waals surface area contributed by atoms with Gasteiger partial charge in [-0.1, -0.05) is 15.9 Å². The van der Waals surface area contributed by atoms with E-state index in [-0.39, 0.29) is 5.56 Å². The molecule has 1 saturated heterocycles. The fourth-order valence-electron chi connectivity index (χ4n) is 2.03. The molecule has 1 fully saturated rings. The highest BCUT2D eigenvalue weighted by Gasteiger charge is 2.36. The smallest absolute Gasteiger partial charge is 0.339 e. The number of hydrogen-bond donors (Lipinski definition) is 0. The molecule has 1 aromatic carbocycles. The molecule has 0 aromatic heterocycles. The van der Waals surface area contributed by atoms with Gasteiger partial charge in [-0.05, 0) is 31.0 Å². The van der Waals surface area contributed by atoms with E-state index in [1.165, 1.54) is 17.0 Å². The van der Waals surface area contributed by atoms with Crippen molar-refractivity contribution < 1.29 is 18.0 Å². The van der Waals surface area contributed by atoms with E-state index in [0.29, 0.717) is 17.6 Å². The van der Waals surface area contributed by atoms with E-state index in [2.05, 4.69) is 15.9 Å². The summed E-state index contributed by atoms with van der Waals surface area (Å²) in [5.41, 5.74) is -1.15. The topological polar surface area (TPSA) is 20.3 Å². The van der Waals surface area contributed by atoms with Crippen LogP contribution >= 0.6 is 15.9 Å². The molecule has 0 aliphatic carbocycles. The van der Waals surface area contributed by atoms with Gasteiger partial charge in [0, 0.05) is 17.6 Å². The van der Waals surface area contributed by atoms with Crippen LogP contribution in [0, 0.1) is 0 Å². The van der Waals surface area contributed by atoms with Gasteiger partial charge in [0.05, 0.1) is 11.1 Å². The molecule has 1 aliphatic rings. The Labute approximate surface area is 111 Å². The number of hydrogen-bond acceptors (Lipinski definition) is 1. The summed E-state index contributed by atoms with van der Waals surface area (Å²) in [6.45, 7) is 1.06. The Morgan fingerprint density at radius 3 is 2.39 bits per heavy atom. The molecule has 0 saturated carbocycles. The lowest BCUT2D eigenvalue weighted by atomic mass is 10.1. The fourth-order valence-corrected chi connectivity index (χ4v) is 2.39. The zero-order valence-electron chi connectivity index (χ0n) is 9.43. The van der Waals surface area contributed by atoms with Gasteiger partial charge in [-0.15, -0.1) is 0 Å². The van der Waals surface area contributed by atoms with Crippen LogP contribution in [0.3, 0.4) is 0 Å². The Kier molecular flexibility index (Phi) is 3.66. The van der Waals surface area contributed by atoms with Crippen LogP contribution in [-0.2, 0) is 6.18 Å². The van der Waals surface area contributed by atoms with Crippen molar-refractivity contribution in [2.24, 2.45) is 0 Å². The molecule has 1 aliphatic heterocycles. The van der Waals surface area contributed by atoms with E-state index >= 15 is 0 Å². The first kappa shape index (κ1) is 13.4. The predicted molar refractivity (Wildman–Crippen MR) is 64.3 cm³/mol. The maximum Gasteiger partial charge on any atom is 0.417 e. The summed E-state index contributed by atoms with van der Waals surface area (Å²) in [5.74, 6) is -0.541. The van der Waals surface area contributed by atoms with E-state index in [1.54, 1.807) is 0 Å². The Morgan fingerprint density at radius 2 is 1.83 bits per heavy atom. The van der Waals surface area contributed by atoms with Gasteiger partial charge in [0.2, 0.25) is 0 Å². The molecular formula is C12H11BrF3NO. The summed E-state index contributed by atoms with van der Waals surface area (Å²) in [4.78, 5) is 13.5. The standard InChI is InChI=1S/C12H11BrF3NO/c13-8-3-4-10(12(14,15)16)9(7-8)11(18)17-5-1-2-6-17/h3-4,7H,1-2,5-6H2. The highest BCUT2D eigenvalue weighted by atomic mass is 79.9. The molecule has 18 heavy (non-hydrogen) atoms. The quantitative estimate of drug-likeness (QED) is 0.772. The van der Waals surface area contributed by atoms with Gasteiger partial charge >= 0.3 is 6.18 Å². The second-order valence-electron chi connectivity index (χ2n) is 4.19. The summed E-state index contributed by atoms with van der Waals surface area (Å²) < 4.78 is 39.0. The third kappa shape index (κ3) is 2.68. The molecule has 0 atom stereocenters. The second kappa shape index (κ2) is 4.91. The lowest BCUT2D eigenvalue weighted by molar-refractivity contribution is -0.138. The fraction of sp³-hybridized carbons (Fsp3) is 0.417. The minimum atomic E-state index is -4.51. The van der Waals surface area contributed by atoms with Crippen LogP contribution in [-0.4, -0.2) is 23.9 Å². The van der Waals surface area contributed by atoms with Crippen LogP contribution in [0.4, 0.5) is 13.2 Å². The Balaban J connectivity index is 2.41. The molecule has 2 rings (SSSR count). The average molecular weight is 322 g/mol. The van der Waals surface area contributed by atoms with Crippen molar-refractivity contribution in [3.05, 3.63) is 33.8 Å². The molecule has 2 nitrogen and oxygen atoms in total. The van der Waals surface area contributed by atoms with Gasteiger partial charge in [0.1, 0.15) is 0 Å². The number of alkyl halides is 3. The average Bonchev–Trinajstić information content (AvgIpc) is 2.79. The first-order chi connectivity index (χ1) is 8.39. The number of carbonyl (C=O) groups excluding carboxylic acids is 1. The molecule has 0 unspecified atom stereocenters. The molecular weight excluding hydrogens is 311 g/mol. The highest BCUT2D eigenvalue weighted by molar-refractivity contribution is 9.10. The number of carbonyl (C=O) groups is 1. The van der Waals surface area contributed by atoms with Crippen molar-refractivity contribution in [2.45, 2.75) is 19.0 Å². The minimum absolute atomic E-state index is 0.279. The molecule has 6 heteroatoms. The van der Waals surface area contributed by atoms with Crippen LogP contribution in [0.2, 0.25) is 0 Å². The number of rotatable bonds is 1. The highest BCUT2D eigenvalue weighted by Crippen LogP contribution is 2.34. The SMILES string of the molecule is O=C(c1cc(Br)ccc1C(F)(F)F)N1CCCC1. The van der Waals surface area contributed by atoms with Crippen LogP contribution in [0.5, 0.6) is 0 Å². The minimum Gasteiger partial charge on any atom is -0.339 e. The maximum absolute atomic E-state index is 12.8. The van der Waals surface area contributed by atoms with E-state index in [4.69, 9.17) is 0 Å². The van der Waals surface area contributed by atoms with E-state index in [9.17, 15) is 18.0 Å². The van der Waals surface area contributed by atoms with Gasteiger partial charge in [-0.3, -0.25) is 4.79 Å². The Bertz CT molecular complexity index is 467. The van der Waals surface area contributed by atoms with Crippen molar-refractivity contribution >= 4 is 21.8 Å². The summed E-state index contributed by atoms with van der Waals surface area (Å²) in [6.07, 6.45) is -2.81. The molecule has 0 spiro atoms. The largest absolute Gasteiger partial charge is 0.417 e. The van der Waals surface area contributed by atoms with Crippen molar-refractivity contribution in [1.29, 1.82) is 0 Å². The van der Waals surface area contributed by atoms with E-state index < -0.39 is 17.6 Å². The number of benzene rings is 1. The van der Waals surface area contributed by atoms with Gasteiger partial charge in [-0.2, -0.15) is 13.2 Å². The van der Waals surface area contributed by atoms with Crippen molar-refractivity contribution in [2.75, 3.05) is 13.1 Å². The molecule has 98 valence electrons. The Hall–Kier alpha value is -1.04. The molecule has 1 heterocycles. The lowest BCUT2D eigenvalue weighted by Gasteiger charge is -2.19. The third-order valence-electron chi connectivity index (χ3n) is 2.91. The van der Waals surface area contributed by atoms with Crippen LogP contribution < -0.4 is 0 Å². The van der Waals surface area contributed by atoms with Gasteiger partial charge in [-0.25, -0.2) is 0 Å². The normalized spacial score (nSPS) is 16.1. The number of amides is 1. The van der Waals surface area contributed by atoms with Gasteiger partial charge in [0.25, 0.3) is 5.91 Å². The lowest BCUT2D eigenvalue weighted by Crippen LogP contribution is -2.29. The third-order valence-corrected chi connectivity index (χ3v) is 3.40. The van der Waals surface area contributed by atoms with E-state index in [1.807, 2.05) is 0 Å². The van der Waals surface area contributed by atoms with Crippen LogP contribution in [0.15, 0.2) is 22.7 Å². The number of halogens is 4. The molecule has 0 radical (unpaired) electrons. The van der Waals surface area contributed by atoms with Crippen LogP contribution in [0.25, 0.3) is 0 Å². The molecule has 1 aromatic rings. The monoisotopic (exact) mass is 321 g/mol. The first-order valence-electron chi connectivity index (χ1n) is 5.55. The molecule has 1 amide bonds. The van der Waals surface area contributed by atoms with Gasteiger partial charge in [0.15, 0.2) is 0 Å². The van der Waals surface area contributed by atoms with Crippen molar-refractivity contribution in [3.63, 3.8) is 0 Å². The van der Waals surface area contributed by atoms with Crippen molar-refractivity contribution in [3.8, 4) is 0 Å².